The van der Waals surface area contributed by atoms with Gasteiger partial charge >= 0.3 is 0 Å². The van der Waals surface area contributed by atoms with E-state index in [0.29, 0.717) is 0 Å². The van der Waals surface area contributed by atoms with E-state index in [9.17, 15) is 10.1 Å². The Hall–Kier alpha value is -0.900. The molecule has 0 N–H and O–H groups in total. The van der Waals surface area contributed by atoms with Gasteiger partial charge in [0, 0.05) is 16.1 Å². The van der Waals surface area contributed by atoms with E-state index < -0.39 is 0 Å². The predicted molar refractivity (Wildman–Crippen MR) is 52.8 cm³/mol. The van der Waals surface area contributed by atoms with Crippen LogP contribution < -0.4 is 0 Å². The SMILES string of the molecule is O=[N+]([O-])c1cc(Br)cc2c1CCC2. The van der Waals surface area contributed by atoms with Crippen molar-refractivity contribution in [3.05, 3.63) is 37.8 Å². The largest absolute Gasteiger partial charge is 0.273 e. The van der Waals surface area contributed by atoms with Gasteiger partial charge in [-0.1, -0.05) is 15.9 Å². The highest BCUT2D eigenvalue weighted by atomic mass is 79.9. The van der Waals surface area contributed by atoms with Crippen molar-refractivity contribution in [2.45, 2.75) is 19.3 Å². The summed E-state index contributed by atoms with van der Waals surface area (Å²) in [5.41, 5.74) is 2.32. The maximum Gasteiger partial charge on any atom is 0.273 e. The zero-order valence-electron chi connectivity index (χ0n) is 6.92. The Morgan fingerprint density at radius 2 is 2.15 bits per heavy atom. The average molecular weight is 242 g/mol. The van der Waals surface area contributed by atoms with Crippen LogP contribution in [0.1, 0.15) is 17.5 Å². The predicted octanol–water partition coefficient (Wildman–Crippen LogP) is 2.85. The standard InChI is InChI=1S/C9H8BrNO2/c10-7-4-6-2-1-3-8(6)9(5-7)11(12)13/h4-5H,1-3H2. The molecule has 4 heteroatoms. The summed E-state index contributed by atoms with van der Waals surface area (Å²) in [6.45, 7) is 0. The molecule has 2 rings (SSSR count). The van der Waals surface area contributed by atoms with Crippen molar-refractivity contribution in [1.29, 1.82) is 0 Å². The Morgan fingerprint density at radius 1 is 1.38 bits per heavy atom. The van der Waals surface area contributed by atoms with Gasteiger partial charge in [0.25, 0.3) is 5.69 Å². The van der Waals surface area contributed by atoms with Crippen molar-refractivity contribution in [2.75, 3.05) is 0 Å². The minimum atomic E-state index is -0.297. The lowest BCUT2D eigenvalue weighted by Crippen LogP contribution is -1.94. The van der Waals surface area contributed by atoms with Crippen LogP contribution in [-0.4, -0.2) is 4.92 Å². The third-order valence-electron chi connectivity index (χ3n) is 2.35. The monoisotopic (exact) mass is 241 g/mol. The normalized spacial score (nSPS) is 14.2. The minimum Gasteiger partial charge on any atom is -0.258 e. The minimum absolute atomic E-state index is 0.266. The molecule has 0 heterocycles. The van der Waals surface area contributed by atoms with Gasteiger partial charge in [-0.25, -0.2) is 0 Å². The van der Waals surface area contributed by atoms with Crippen LogP contribution in [0.25, 0.3) is 0 Å². The highest BCUT2D eigenvalue weighted by molar-refractivity contribution is 9.10. The molecule has 0 fully saturated rings. The first-order valence-electron chi connectivity index (χ1n) is 4.14. The summed E-state index contributed by atoms with van der Waals surface area (Å²) < 4.78 is 0.805. The fourth-order valence-electron chi connectivity index (χ4n) is 1.81. The molecule has 68 valence electrons. The zero-order valence-corrected chi connectivity index (χ0v) is 8.50. The number of nitro benzene ring substituents is 1. The molecule has 0 spiro atoms. The van der Waals surface area contributed by atoms with Crippen LogP contribution in [0.3, 0.4) is 0 Å². The Labute approximate surface area is 84.0 Å². The number of hydrogen-bond acceptors (Lipinski definition) is 2. The third kappa shape index (κ3) is 1.46. The summed E-state index contributed by atoms with van der Waals surface area (Å²) in [5.74, 6) is 0. The molecule has 0 aliphatic heterocycles. The van der Waals surface area contributed by atoms with Gasteiger partial charge in [0.1, 0.15) is 0 Å². The van der Waals surface area contributed by atoms with Crippen molar-refractivity contribution in [2.24, 2.45) is 0 Å². The van der Waals surface area contributed by atoms with Crippen molar-refractivity contribution in [3.8, 4) is 0 Å². The van der Waals surface area contributed by atoms with Crippen molar-refractivity contribution in [3.63, 3.8) is 0 Å². The second-order valence-electron chi connectivity index (χ2n) is 3.17. The Balaban J connectivity index is 2.62. The zero-order chi connectivity index (χ0) is 9.42. The van der Waals surface area contributed by atoms with Gasteiger partial charge < -0.3 is 0 Å². The van der Waals surface area contributed by atoms with Gasteiger partial charge in [0.15, 0.2) is 0 Å². The fourth-order valence-corrected chi connectivity index (χ4v) is 2.30. The van der Waals surface area contributed by atoms with Gasteiger partial charge in [0.2, 0.25) is 0 Å². The number of hydrogen-bond donors (Lipinski definition) is 0. The Bertz CT molecular complexity index is 376. The summed E-state index contributed by atoms with van der Waals surface area (Å²) in [7, 11) is 0. The molecule has 1 aliphatic carbocycles. The van der Waals surface area contributed by atoms with Gasteiger partial charge in [0.05, 0.1) is 4.92 Å². The number of fused-ring (bicyclic) bond motifs is 1. The molecular formula is C9H8BrNO2. The van der Waals surface area contributed by atoms with Gasteiger partial charge in [-0.15, -0.1) is 0 Å². The average Bonchev–Trinajstić information content (AvgIpc) is 2.49. The number of benzene rings is 1. The number of aryl methyl sites for hydroxylation is 1. The van der Waals surface area contributed by atoms with Gasteiger partial charge in [-0.3, -0.25) is 10.1 Å². The summed E-state index contributed by atoms with van der Waals surface area (Å²) in [6.07, 6.45) is 2.85. The molecular weight excluding hydrogens is 234 g/mol. The summed E-state index contributed by atoms with van der Waals surface area (Å²) in [5, 5.41) is 10.7. The van der Waals surface area contributed by atoms with E-state index in [1.165, 1.54) is 0 Å². The fraction of sp³-hybridized carbons (Fsp3) is 0.333. The Morgan fingerprint density at radius 3 is 2.85 bits per heavy atom. The third-order valence-corrected chi connectivity index (χ3v) is 2.81. The molecule has 0 atom stereocenters. The van der Waals surface area contributed by atoms with E-state index in [4.69, 9.17) is 0 Å². The molecule has 0 unspecified atom stereocenters. The van der Waals surface area contributed by atoms with E-state index in [2.05, 4.69) is 15.9 Å². The molecule has 3 nitrogen and oxygen atoms in total. The highest BCUT2D eigenvalue weighted by Crippen LogP contribution is 2.33. The van der Waals surface area contributed by atoms with Gasteiger partial charge in [-0.05, 0) is 30.9 Å². The van der Waals surface area contributed by atoms with E-state index in [-0.39, 0.29) is 10.6 Å². The maximum absolute atomic E-state index is 10.7. The highest BCUT2D eigenvalue weighted by Gasteiger charge is 2.22. The topological polar surface area (TPSA) is 43.1 Å². The molecule has 1 aromatic carbocycles. The maximum atomic E-state index is 10.7. The number of halogens is 1. The molecule has 0 amide bonds. The quantitative estimate of drug-likeness (QED) is 0.561. The van der Waals surface area contributed by atoms with E-state index in [1.54, 1.807) is 6.07 Å². The molecule has 0 bridgehead atoms. The van der Waals surface area contributed by atoms with Crippen LogP contribution >= 0.6 is 15.9 Å². The Kier molecular flexibility index (Phi) is 2.07. The van der Waals surface area contributed by atoms with Crippen LogP contribution in [0.4, 0.5) is 5.69 Å². The van der Waals surface area contributed by atoms with Crippen LogP contribution in [0.2, 0.25) is 0 Å². The summed E-state index contributed by atoms with van der Waals surface area (Å²) in [4.78, 5) is 10.4. The lowest BCUT2D eigenvalue weighted by atomic mass is 10.1. The van der Waals surface area contributed by atoms with Crippen LogP contribution in [0.5, 0.6) is 0 Å². The van der Waals surface area contributed by atoms with Crippen LogP contribution in [-0.2, 0) is 12.8 Å². The first-order chi connectivity index (χ1) is 6.18. The lowest BCUT2D eigenvalue weighted by Gasteiger charge is -2.01. The summed E-state index contributed by atoms with van der Waals surface area (Å²) >= 11 is 3.28. The molecule has 0 radical (unpaired) electrons. The van der Waals surface area contributed by atoms with Crippen LogP contribution in [0, 0.1) is 10.1 Å². The molecule has 0 saturated carbocycles. The molecule has 0 aromatic heterocycles. The number of rotatable bonds is 1. The van der Waals surface area contributed by atoms with E-state index in [1.807, 2.05) is 6.07 Å². The lowest BCUT2D eigenvalue weighted by molar-refractivity contribution is -0.385. The number of nitrogens with zero attached hydrogens (tertiary/aromatic N) is 1. The smallest absolute Gasteiger partial charge is 0.258 e. The van der Waals surface area contributed by atoms with E-state index in [0.717, 1.165) is 34.9 Å². The second kappa shape index (κ2) is 3.10. The van der Waals surface area contributed by atoms with Crippen molar-refractivity contribution >= 4 is 21.6 Å². The second-order valence-corrected chi connectivity index (χ2v) is 4.09. The summed E-state index contributed by atoms with van der Waals surface area (Å²) in [6, 6.07) is 3.57. The molecule has 0 saturated heterocycles. The van der Waals surface area contributed by atoms with Crippen molar-refractivity contribution < 1.29 is 4.92 Å². The molecule has 13 heavy (non-hydrogen) atoms. The van der Waals surface area contributed by atoms with Crippen molar-refractivity contribution in [1.82, 2.24) is 0 Å². The van der Waals surface area contributed by atoms with Crippen LogP contribution in [0.15, 0.2) is 16.6 Å². The first kappa shape index (κ1) is 8.69. The van der Waals surface area contributed by atoms with Gasteiger partial charge in [-0.2, -0.15) is 0 Å². The molecule has 1 aliphatic rings. The first-order valence-corrected chi connectivity index (χ1v) is 4.93. The number of nitro groups is 1. The molecule has 1 aromatic rings. The van der Waals surface area contributed by atoms with E-state index >= 15 is 0 Å².